The van der Waals surface area contributed by atoms with Crippen LogP contribution in [0.15, 0.2) is 24.3 Å². The Kier molecular flexibility index (Phi) is 4.83. The van der Waals surface area contributed by atoms with E-state index in [2.05, 4.69) is 15.9 Å². The molecule has 1 atom stereocenters. The fourth-order valence-electron chi connectivity index (χ4n) is 1.03. The fraction of sp³-hybridized carbons (Fsp3) is 0.417. The first-order valence-electron chi connectivity index (χ1n) is 5.07. The number of alkyl halides is 1. The molecule has 0 aliphatic rings. The lowest BCUT2D eigenvalue weighted by Crippen LogP contribution is -2.31. The first-order valence-corrected chi connectivity index (χ1v) is 6.36. The maximum absolute atomic E-state index is 11.6. The van der Waals surface area contributed by atoms with Crippen molar-refractivity contribution in [2.75, 3.05) is 0 Å². The van der Waals surface area contributed by atoms with Gasteiger partial charge < -0.3 is 9.47 Å². The summed E-state index contributed by atoms with van der Waals surface area (Å²) in [6, 6.07) is 6.74. The van der Waals surface area contributed by atoms with Crippen molar-refractivity contribution in [2.45, 2.75) is 31.4 Å². The average molecular weight is 322 g/mol. The predicted molar refractivity (Wildman–Crippen MR) is 70.6 cm³/mol. The van der Waals surface area contributed by atoms with E-state index in [9.17, 15) is 4.79 Å². The van der Waals surface area contributed by atoms with Crippen LogP contribution in [0.4, 0.5) is 0 Å². The zero-order valence-electron chi connectivity index (χ0n) is 9.87. The van der Waals surface area contributed by atoms with E-state index in [1.54, 1.807) is 45.0 Å². The summed E-state index contributed by atoms with van der Waals surface area (Å²) in [5.41, 5.74) is -0.535. The largest absolute Gasteiger partial charge is 0.467 e. The number of carbonyl (C=O) groups is 1. The summed E-state index contributed by atoms with van der Waals surface area (Å²) in [6.45, 7) is 5.40. The lowest BCUT2D eigenvalue weighted by atomic mass is 10.2. The predicted octanol–water partition coefficient (Wildman–Crippen LogP) is 3.78. The molecule has 0 amide bonds. The van der Waals surface area contributed by atoms with Gasteiger partial charge >= 0.3 is 5.97 Å². The van der Waals surface area contributed by atoms with E-state index in [0.717, 1.165) is 0 Å². The maximum Gasteiger partial charge on any atom is 0.359 e. The van der Waals surface area contributed by atoms with Crippen LogP contribution >= 0.6 is 27.5 Å². The van der Waals surface area contributed by atoms with E-state index in [1.165, 1.54) is 0 Å². The zero-order valence-corrected chi connectivity index (χ0v) is 12.2. The third-order valence-corrected chi connectivity index (χ3v) is 2.46. The number of hydrogen-bond acceptors (Lipinski definition) is 3. The van der Waals surface area contributed by atoms with E-state index in [-0.39, 0.29) is 0 Å². The van der Waals surface area contributed by atoms with Crippen molar-refractivity contribution in [3.8, 4) is 5.75 Å². The highest BCUT2D eigenvalue weighted by Crippen LogP contribution is 2.20. The van der Waals surface area contributed by atoms with E-state index >= 15 is 0 Å². The molecule has 1 aromatic carbocycles. The molecule has 0 saturated heterocycles. The van der Waals surface area contributed by atoms with Crippen molar-refractivity contribution in [3.63, 3.8) is 0 Å². The Morgan fingerprint density at radius 2 is 1.82 bits per heavy atom. The van der Waals surface area contributed by atoms with E-state index in [0.29, 0.717) is 10.8 Å². The van der Waals surface area contributed by atoms with Crippen LogP contribution in [-0.2, 0) is 9.53 Å². The summed E-state index contributed by atoms with van der Waals surface area (Å²) in [7, 11) is 0. The fourth-order valence-corrected chi connectivity index (χ4v) is 1.46. The smallest absolute Gasteiger partial charge is 0.359 e. The molecule has 0 bridgehead atoms. The summed E-state index contributed by atoms with van der Waals surface area (Å²) in [6.07, 6.45) is 0. The summed E-state index contributed by atoms with van der Waals surface area (Å²) in [5, 5.41) is -0.219. The summed E-state index contributed by atoms with van der Waals surface area (Å²) < 4.78 is 10.5. The maximum atomic E-state index is 11.6. The number of ether oxygens (including phenoxy) is 2. The van der Waals surface area contributed by atoms with Gasteiger partial charge in [0.05, 0.1) is 0 Å². The molecular formula is C12H14BrClO3. The van der Waals surface area contributed by atoms with Gasteiger partial charge in [-0.1, -0.05) is 11.6 Å². The van der Waals surface area contributed by atoms with Gasteiger partial charge in [0.2, 0.25) is 5.01 Å². The number of halogens is 2. The number of carbonyl (C=O) groups excluding carboxylic acids is 1. The molecule has 17 heavy (non-hydrogen) atoms. The minimum absolute atomic E-state index is 0.465. The van der Waals surface area contributed by atoms with Gasteiger partial charge in [-0.05, 0) is 61.0 Å². The van der Waals surface area contributed by atoms with Crippen LogP contribution in [-0.4, -0.2) is 16.6 Å². The van der Waals surface area contributed by atoms with Gasteiger partial charge in [0.25, 0.3) is 0 Å². The minimum atomic E-state index is -0.831. The number of rotatable bonds is 3. The lowest BCUT2D eigenvalue weighted by Gasteiger charge is -2.21. The Morgan fingerprint density at radius 1 is 1.29 bits per heavy atom. The molecular weight excluding hydrogens is 307 g/mol. The van der Waals surface area contributed by atoms with Crippen LogP contribution in [0.1, 0.15) is 20.8 Å². The molecule has 0 aliphatic heterocycles. The number of hydrogen-bond donors (Lipinski definition) is 0. The van der Waals surface area contributed by atoms with Crippen molar-refractivity contribution in [1.82, 2.24) is 0 Å². The van der Waals surface area contributed by atoms with Crippen LogP contribution in [0.2, 0.25) is 5.02 Å². The molecule has 0 aromatic heterocycles. The molecule has 0 saturated carbocycles. The molecule has 0 fully saturated rings. The highest BCUT2D eigenvalue weighted by molar-refractivity contribution is 9.09. The van der Waals surface area contributed by atoms with Crippen molar-refractivity contribution in [1.29, 1.82) is 0 Å². The van der Waals surface area contributed by atoms with E-state index in [1.807, 2.05) is 0 Å². The summed E-state index contributed by atoms with van der Waals surface area (Å²) in [5.74, 6) is 0.0783. The Labute approximate surface area is 114 Å². The molecule has 1 aromatic rings. The molecule has 94 valence electrons. The Balaban J connectivity index is 2.57. The van der Waals surface area contributed by atoms with Gasteiger partial charge in [-0.25, -0.2) is 4.79 Å². The van der Waals surface area contributed by atoms with Gasteiger partial charge in [-0.15, -0.1) is 0 Å². The highest BCUT2D eigenvalue weighted by Gasteiger charge is 2.24. The third-order valence-electron chi connectivity index (χ3n) is 1.65. The first-order chi connectivity index (χ1) is 7.78. The molecule has 0 aliphatic carbocycles. The summed E-state index contributed by atoms with van der Waals surface area (Å²) in [4.78, 5) is 11.6. The van der Waals surface area contributed by atoms with Gasteiger partial charge in [-0.3, -0.25) is 0 Å². The lowest BCUT2D eigenvalue weighted by molar-refractivity contribution is -0.158. The molecule has 0 heterocycles. The van der Waals surface area contributed by atoms with Gasteiger partial charge in [0.1, 0.15) is 11.4 Å². The van der Waals surface area contributed by atoms with Crippen LogP contribution in [0, 0.1) is 0 Å². The quantitative estimate of drug-likeness (QED) is 0.628. The SMILES string of the molecule is CC(C)(C)OC(=O)C(Br)Oc1ccc(Cl)cc1. The second-order valence-electron chi connectivity index (χ2n) is 4.42. The molecule has 0 spiro atoms. The number of benzene rings is 1. The first kappa shape index (κ1) is 14.3. The van der Waals surface area contributed by atoms with Crippen molar-refractivity contribution < 1.29 is 14.3 Å². The van der Waals surface area contributed by atoms with E-state index < -0.39 is 16.6 Å². The second kappa shape index (κ2) is 5.74. The highest BCUT2D eigenvalue weighted by atomic mass is 79.9. The Bertz CT molecular complexity index is 384. The van der Waals surface area contributed by atoms with Crippen molar-refractivity contribution in [2.24, 2.45) is 0 Å². The normalized spacial score (nSPS) is 13.0. The van der Waals surface area contributed by atoms with Crippen LogP contribution < -0.4 is 4.74 Å². The number of esters is 1. The molecule has 0 radical (unpaired) electrons. The van der Waals surface area contributed by atoms with Crippen LogP contribution in [0.25, 0.3) is 0 Å². The van der Waals surface area contributed by atoms with Gasteiger partial charge in [-0.2, -0.15) is 0 Å². The zero-order chi connectivity index (χ0) is 13.1. The topological polar surface area (TPSA) is 35.5 Å². The summed E-state index contributed by atoms with van der Waals surface area (Å²) >= 11 is 8.86. The molecule has 0 N–H and O–H groups in total. The van der Waals surface area contributed by atoms with Crippen LogP contribution in [0.5, 0.6) is 5.75 Å². The molecule has 5 heteroatoms. The van der Waals surface area contributed by atoms with E-state index in [4.69, 9.17) is 21.1 Å². The molecule has 1 unspecified atom stereocenters. The molecule has 1 rings (SSSR count). The molecule has 3 nitrogen and oxygen atoms in total. The third kappa shape index (κ3) is 5.41. The van der Waals surface area contributed by atoms with Crippen LogP contribution in [0.3, 0.4) is 0 Å². The van der Waals surface area contributed by atoms with Crippen molar-refractivity contribution in [3.05, 3.63) is 29.3 Å². The van der Waals surface area contributed by atoms with Gasteiger partial charge in [0, 0.05) is 5.02 Å². The average Bonchev–Trinajstić information content (AvgIpc) is 2.19. The van der Waals surface area contributed by atoms with Crippen molar-refractivity contribution >= 4 is 33.5 Å². The monoisotopic (exact) mass is 320 g/mol. The minimum Gasteiger partial charge on any atom is -0.467 e. The Hall–Kier alpha value is -0.740. The second-order valence-corrected chi connectivity index (χ2v) is 5.69. The Morgan fingerprint density at radius 3 is 2.29 bits per heavy atom. The standard InChI is InChI=1S/C12H14BrClO3/c1-12(2,3)17-11(15)10(13)16-9-6-4-8(14)5-7-9/h4-7,10H,1-3H3. The van der Waals surface area contributed by atoms with Gasteiger partial charge in [0.15, 0.2) is 0 Å².